The largest absolute Gasteiger partial charge is 0.322 e. The van der Waals surface area contributed by atoms with Crippen LogP contribution in [0.1, 0.15) is 44.0 Å². The van der Waals surface area contributed by atoms with Crippen LogP contribution in [0.4, 0.5) is 10.5 Å². The number of amides is 2. The van der Waals surface area contributed by atoms with E-state index in [0.717, 1.165) is 13.0 Å². The van der Waals surface area contributed by atoms with Gasteiger partial charge in [0, 0.05) is 23.8 Å². The van der Waals surface area contributed by atoms with Crippen molar-refractivity contribution in [1.29, 1.82) is 0 Å². The van der Waals surface area contributed by atoms with E-state index in [2.05, 4.69) is 19.2 Å². The summed E-state index contributed by atoms with van der Waals surface area (Å²) < 4.78 is 0. The van der Waals surface area contributed by atoms with Crippen LogP contribution in [-0.4, -0.2) is 29.3 Å². The first-order valence-corrected chi connectivity index (χ1v) is 7.16. The Morgan fingerprint density at radius 1 is 1.25 bits per heavy atom. The Morgan fingerprint density at radius 2 is 2.00 bits per heavy atom. The topological polar surface area (TPSA) is 49.4 Å². The summed E-state index contributed by atoms with van der Waals surface area (Å²) in [6.45, 7) is 6.56. The minimum absolute atomic E-state index is 0.000983. The number of Topliss-reactive ketones (excluding diaryl/α,β-unsaturated/α-hetero) is 1. The van der Waals surface area contributed by atoms with Crippen LogP contribution in [0.2, 0.25) is 0 Å². The lowest BCUT2D eigenvalue weighted by Crippen LogP contribution is -2.46. The molecule has 2 rings (SSSR count). The summed E-state index contributed by atoms with van der Waals surface area (Å²) in [5.74, 6) is 0.543. The zero-order chi connectivity index (χ0) is 14.7. The standard InChI is InChI=1S/C16H22N2O2/c1-11-7-8-12(2)18(10-11)16(20)17-15-6-4-5-14(9-15)13(3)19/h4-6,9,11-12H,7-8,10H2,1-3H3,(H,17,20). The molecule has 0 bridgehead atoms. The summed E-state index contributed by atoms with van der Waals surface area (Å²) in [6, 6.07) is 7.26. The zero-order valence-corrected chi connectivity index (χ0v) is 12.3. The Hall–Kier alpha value is -1.84. The summed E-state index contributed by atoms with van der Waals surface area (Å²) in [5, 5.41) is 2.89. The zero-order valence-electron chi connectivity index (χ0n) is 12.3. The molecule has 2 atom stereocenters. The molecule has 0 aromatic heterocycles. The average molecular weight is 274 g/mol. The van der Waals surface area contributed by atoms with Crippen LogP contribution < -0.4 is 5.32 Å². The van der Waals surface area contributed by atoms with Crippen molar-refractivity contribution in [3.63, 3.8) is 0 Å². The fourth-order valence-electron chi connectivity index (χ4n) is 2.58. The number of rotatable bonds is 2. The maximum Gasteiger partial charge on any atom is 0.322 e. The predicted molar refractivity (Wildman–Crippen MR) is 80.0 cm³/mol. The molecule has 1 heterocycles. The molecule has 0 spiro atoms. The maximum atomic E-state index is 12.3. The van der Waals surface area contributed by atoms with Crippen molar-refractivity contribution in [2.75, 3.05) is 11.9 Å². The van der Waals surface area contributed by atoms with Gasteiger partial charge in [-0.15, -0.1) is 0 Å². The molecule has 4 nitrogen and oxygen atoms in total. The summed E-state index contributed by atoms with van der Waals surface area (Å²) >= 11 is 0. The molecule has 108 valence electrons. The van der Waals surface area contributed by atoms with Gasteiger partial charge in [-0.25, -0.2) is 4.79 Å². The van der Waals surface area contributed by atoms with E-state index < -0.39 is 0 Å². The van der Waals surface area contributed by atoms with Gasteiger partial charge in [0.2, 0.25) is 0 Å². The lowest BCUT2D eigenvalue weighted by Gasteiger charge is -2.36. The van der Waals surface area contributed by atoms with E-state index in [-0.39, 0.29) is 17.9 Å². The van der Waals surface area contributed by atoms with Crippen LogP contribution in [0.3, 0.4) is 0 Å². The van der Waals surface area contributed by atoms with Gasteiger partial charge in [0.15, 0.2) is 5.78 Å². The van der Waals surface area contributed by atoms with Crippen LogP contribution in [0.5, 0.6) is 0 Å². The van der Waals surface area contributed by atoms with Gasteiger partial charge in [-0.05, 0) is 44.7 Å². The molecule has 0 saturated carbocycles. The van der Waals surface area contributed by atoms with E-state index in [0.29, 0.717) is 17.2 Å². The summed E-state index contributed by atoms with van der Waals surface area (Å²) in [5.41, 5.74) is 1.29. The molecule has 2 amide bonds. The van der Waals surface area contributed by atoms with Gasteiger partial charge < -0.3 is 10.2 Å². The van der Waals surface area contributed by atoms with Crippen molar-refractivity contribution < 1.29 is 9.59 Å². The summed E-state index contributed by atoms with van der Waals surface area (Å²) in [7, 11) is 0. The minimum atomic E-state index is -0.0789. The third-order valence-corrected chi connectivity index (χ3v) is 3.90. The fraction of sp³-hybridized carbons (Fsp3) is 0.500. The molecule has 1 aromatic rings. The first-order valence-electron chi connectivity index (χ1n) is 7.16. The SMILES string of the molecule is CC(=O)c1cccc(NC(=O)N2CC(C)CCC2C)c1. The van der Waals surface area contributed by atoms with Gasteiger partial charge in [0.1, 0.15) is 0 Å². The van der Waals surface area contributed by atoms with E-state index in [9.17, 15) is 9.59 Å². The molecule has 1 saturated heterocycles. The lowest BCUT2D eigenvalue weighted by atomic mass is 9.95. The highest BCUT2D eigenvalue weighted by atomic mass is 16.2. The second kappa shape index (κ2) is 6.07. The maximum absolute atomic E-state index is 12.3. The van der Waals surface area contributed by atoms with E-state index in [1.807, 2.05) is 11.0 Å². The second-order valence-corrected chi connectivity index (χ2v) is 5.75. The quantitative estimate of drug-likeness (QED) is 0.838. The van der Waals surface area contributed by atoms with Gasteiger partial charge in [-0.1, -0.05) is 19.1 Å². The Labute approximate surface area is 120 Å². The molecule has 0 radical (unpaired) electrons. The Morgan fingerprint density at radius 3 is 2.70 bits per heavy atom. The van der Waals surface area contributed by atoms with Crippen LogP contribution in [-0.2, 0) is 0 Å². The number of carbonyl (C=O) groups is 2. The molecular formula is C16H22N2O2. The smallest absolute Gasteiger partial charge is 0.322 e. The van der Waals surface area contributed by atoms with Gasteiger partial charge >= 0.3 is 6.03 Å². The van der Waals surface area contributed by atoms with Crippen LogP contribution in [0.25, 0.3) is 0 Å². The number of nitrogens with one attached hydrogen (secondary N) is 1. The van der Waals surface area contributed by atoms with Crippen molar-refractivity contribution in [3.05, 3.63) is 29.8 Å². The van der Waals surface area contributed by atoms with Crippen molar-refractivity contribution in [3.8, 4) is 0 Å². The number of ketones is 1. The number of anilines is 1. The van der Waals surface area contributed by atoms with Crippen LogP contribution in [0, 0.1) is 5.92 Å². The molecule has 2 unspecified atom stereocenters. The number of benzene rings is 1. The Kier molecular flexibility index (Phi) is 4.42. The van der Waals surface area contributed by atoms with Gasteiger partial charge in [0.25, 0.3) is 0 Å². The third kappa shape index (κ3) is 3.38. The van der Waals surface area contributed by atoms with E-state index >= 15 is 0 Å². The predicted octanol–water partition coefficient (Wildman–Crippen LogP) is 3.54. The molecule has 1 fully saturated rings. The molecule has 0 aliphatic carbocycles. The first kappa shape index (κ1) is 14.6. The number of likely N-dealkylation sites (tertiary alicyclic amines) is 1. The highest BCUT2D eigenvalue weighted by molar-refractivity contribution is 5.96. The van der Waals surface area contributed by atoms with Crippen LogP contribution >= 0.6 is 0 Å². The number of nitrogens with zero attached hydrogens (tertiary/aromatic N) is 1. The van der Waals surface area contributed by atoms with Crippen molar-refractivity contribution >= 4 is 17.5 Å². The molecule has 1 aliphatic heterocycles. The Balaban J connectivity index is 2.07. The highest BCUT2D eigenvalue weighted by Crippen LogP contribution is 2.22. The molecule has 1 aliphatic rings. The number of hydrogen-bond acceptors (Lipinski definition) is 2. The third-order valence-electron chi connectivity index (χ3n) is 3.90. The number of piperidine rings is 1. The van der Waals surface area contributed by atoms with Gasteiger partial charge in [0.05, 0.1) is 0 Å². The number of carbonyl (C=O) groups excluding carboxylic acids is 2. The average Bonchev–Trinajstić information content (AvgIpc) is 2.41. The summed E-state index contributed by atoms with van der Waals surface area (Å²) in [4.78, 5) is 25.6. The van der Waals surface area contributed by atoms with E-state index in [1.54, 1.807) is 18.2 Å². The van der Waals surface area contributed by atoms with Gasteiger partial charge in [-0.2, -0.15) is 0 Å². The minimum Gasteiger partial charge on any atom is -0.322 e. The Bertz CT molecular complexity index is 513. The normalized spacial score (nSPS) is 22.4. The summed E-state index contributed by atoms with van der Waals surface area (Å²) in [6.07, 6.45) is 2.22. The molecule has 20 heavy (non-hydrogen) atoms. The second-order valence-electron chi connectivity index (χ2n) is 5.75. The van der Waals surface area contributed by atoms with E-state index in [4.69, 9.17) is 0 Å². The molecule has 1 aromatic carbocycles. The number of urea groups is 1. The monoisotopic (exact) mass is 274 g/mol. The van der Waals surface area contributed by atoms with Gasteiger partial charge in [-0.3, -0.25) is 4.79 Å². The van der Waals surface area contributed by atoms with Crippen molar-refractivity contribution in [2.45, 2.75) is 39.7 Å². The molecular weight excluding hydrogens is 252 g/mol. The first-order chi connectivity index (χ1) is 9.47. The van der Waals surface area contributed by atoms with Crippen molar-refractivity contribution in [1.82, 2.24) is 4.90 Å². The fourth-order valence-corrected chi connectivity index (χ4v) is 2.58. The lowest BCUT2D eigenvalue weighted by molar-refractivity contribution is 0.101. The van der Waals surface area contributed by atoms with Crippen molar-refractivity contribution in [2.24, 2.45) is 5.92 Å². The molecule has 4 heteroatoms. The van der Waals surface area contributed by atoms with Crippen LogP contribution in [0.15, 0.2) is 24.3 Å². The molecule has 1 N–H and O–H groups in total. The van der Waals surface area contributed by atoms with E-state index in [1.165, 1.54) is 13.3 Å². The highest BCUT2D eigenvalue weighted by Gasteiger charge is 2.26. The number of hydrogen-bond donors (Lipinski definition) is 1.